The van der Waals surface area contributed by atoms with E-state index in [2.05, 4.69) is 49.0 Å². The maximum Gasteiger partial charge on any atom is 0.314 e. The Labute approximate surface area is 566 Å². The molecule has 0 aliphatic heterocycles. The number of amides is 4. The summed E-state index contributed by atoms with van der Waals surface area (Å²) in [5.74, 6) is -3.34. The van der Waals surface area contributed by atoms with Crippen molar-refractivity contribution >= 4 is 47.5 Å². The van der Waals surface area contributed by atoms with E-state index in [1.165, 1.54) is 0 Å². The fourth-order valence-corrected chi connectivity index (χ4v) is 16.6. The van der Waals surface area contributed by atoms with Crippen LogP contribution in [-0.4, -0.2) is 96.1 Å². The van der Waals surface area contributed by atoms with Crippen LogP contribution in [0.15, 0.2) is 130 Å². The van der Waals surface area contributed by atoms with E-state index in [0.29, 0.717) is 50.2 Å². The number of rotatable bonds is 27. The summed E-state index contributed by atoms with van der Waals surface area (Å²) in [6.45, 7) is 21.2. The van der Waals surface area contributed by atoms with Crippen LogP contribution in [0.3, 0.4) is 0 Å². The first-order valence-corrected chi connectivity index (χ1v) is 35.5. The monoisotopic (exact) mass is 1310 g/mol. The summed E-state index contributed by atoms with van der Waals surface area (Å²) in [5, 5.41) is 31.4. The number of hydrogen-bond acceptors (Lipinski definition) is 10. The highest BCUT2D eigenvalue weighted by Gasteiger charge is 2.67. The molecule has 4 unspecified atom stereocenters. The van der Waals surface area contributed by atoms with Gasteiger partial charge in [0.1, 0.15) is 0 Å². The van der Waals surface area contributed by atoms with E-state index in [-0.39, 0.29) is 54.2 Å². The number of urea groups is 2. The van der Waals surface area contributed by atoms with Crippen molar-refractivity contribution < 1.29 is 58.0 Å². The molecule has 16 nitrogen and oxygen atoms in total. The molecule has 5 saturated carbocycles. The van der Waals surface area contributed by atoms with Crippen molar-refractivity contribution in [1.29, 1.82) is 0 Å². The van der Waals surface area contributed by atoms with Gasteiger partial charge in [-0.3, -0.25) is 28.8 Å². The Kier molecular flexibility index (Phi) is 26.7. The second-order valence-corrected chi connectivity index (χ2v) is 30.8. The third-order valence-electron chi connectivity index (χ3n) is 22.2. The quantitative estimate of drug-likeness (QED) is 0.0332. The van der Waals surface area contributed by atoms with Crippen molar-refractivity contribution in [3.8, 4) is 0 Å². The van der Waals surface area contributed by atoms with Gasteiger partial charge in [-0.15, -0.1) is 0 Å². The van der Waals surface area contributed by atoms with E-state index >= 15 is 0 Å². The van der Waals surface area contributed by atoms with Gasteiger partial charge in [0.2, 0.25) is 0 Å². The average molecular weight is 1310 g/mol. The molecular weight excluding hydrogens is 1200 g/mol. The zero-order valence-corrected chi connectivity index (χ0v) is 58.9. The van der Waals surface area contributed by atoms with Crippen LogP contribution in [0.2, 0.25) is 0 Å². The molecule has 7 aliphatic carbocycles. The van der Waals surface area contributed by atoms with Gasteiger partial charge in [-0.1, -0.05) is 212 Å². The number of esters is 2. The maximum atomic E-state index is 13.8. The molecule has 0 radical (unpaired) electrons. The largest absolute Gasteiger partial charge is 0.481 e. The number of ketones is 2. The van der Waals surface area contributed by atoms with Gasteiger partial charge in [-0.25, -0.2) is 9.59 Å². The summed E-state index contributed by atoms with van der Waals surface area (Å²) in [4.78, 5) is 105. The molecule has 0 bridgehead atoms. The molecule has 0 heterocycles. The van der Waals surface area contributed by atoms with Crippen LogP contribution in [0.5, 0.6) is 0 Å². The summed E-state index contributed by atoms with van der Waals surface area (Å²) in [7, 11) is 0. The zero-order valence-electron chi connectivity index (χ0n) is 58.9. The molecular formula is C79H112N4O12. The number of Topliss-reactive ketones (excluding diaryl/α,β-unsaturated/α-hetero) is 2. The Hall–Kier alpha value is -7.10. The predicted molar refractivity (Wildman–Crippen MR) is 374 cm³/mol. The summed E-state index contributed by atoms with van der Waals surface area (Å²) in [6.07, 6.45) is 45.7. The van der Waals surface area contributed by atoms with Crippen molar-refractivity contribution in [3.05, 3.63) is 130 Å². The molecule has 5 fully saturated rings. The van der Waals surface area contributed by atoms with Crippen molar-refractivity contribution in [2.75, 3.05) is 26.2 Å². The summed E-state index contributed by atoms with van der Waals surface area (Å²) < 4.78 is 12.0. The topological polar surface area (TPSA) is 244 Å². The van der Waals surface area contributed by atoms with Crippen LogP contribution >= 0.6 is 0 Å². The first kappa shape index (κ1) is 75.3. The molecule has 0 aromatic rings. The highest BCUT2D eigenvalue weighted by atomic mass is 16.6. The summed E-state index contributed by atoms with van der Waals surface area (Å²) in [5.41, 5.74) is 4.59. The third kappa shape index (κ3) is 21.2. The number of hydrogen-bond donors (Lipinski definition) is 6. The van der Waals surface area contributed by atoms with Crippen LogP contribution in [0.1, 0.15) is 230 Å². The van der Waals surface area contributed by atoms with E-state index in [1.807, 2.05) is 120 Å². The van der Waals surface area contributed by atoms with Gasteiger partial charge in [0.25, 0.3) is 0 Å². The molecule has 1 spiro atoms. The first-order valence-electron chi connectivity index (χ1n) is 35.5. The Morgan fingerprint density at radius 1 is 0.463 bits per heavy atom. The van der Waals surface area contributed by atoms with E-state index in [1.54, 1.807) is 6.92 Å². The minimum absolute atomic E-state index is 0.0294. The molecule has 0 aromatic carbocycles. The number of carbonyl (C=O) groups is 8. The van der Waals surface area contributed by atoms with Crippen molar-refractivity contribution in [2.45, 2.75) is 242 Å². The number of carboxylic acids is 2. The first-order chi connectivity index (χ1) is 45.0. The fourth-order valence-electron chi connectivity index (χ4n) is 16.6. The lowest BCUT2D eigenvalue weighted by Crippen LogP contribution is -2.48. The second kappa shape index (κ2) is 33.7. The van der Waals surface area contributed by atoms with Gasteiger partial charge in [-0.05, 0) is 154 Å². The van der Waals surface area contributed by atoms with E-state index in [0.717, 1.165) is 162 Å². The predicted octanol–water partition coefficient (Wildman–Crippen LogP) is 16.0. The number of aliphatic carboxylic acids is 2. The molecule has 520 valence electrons. The Bertz CT molecular complexity index is 3180. The number of nitrogens with one attached hydrogen (secondary N) is 4. The lowest BCUT2D eigenvalue weighted by molar-refractivity contribution is -0.159. The molecule has 4 amide bonds. The number of allylic oxidation sites excluding steroid dienone is 20. The van der Waals surface area contributed by atoms with Crippen molar-refractivity contribution in [2.24, 2.45) is 44.3 Å². The molecule has 7 rings (SSSR count). The second-order valence-electron chi connectivity index (χ2n) is 30.8. The van der Waals surface area contributed by atoms with Gasteiger partial charge in [-0.2, -0.15) is 0 Å². The maximum absolute atomic E-state index is 13.8. The van der Waals surface area contributed by atoms with Gasteiger partial charge in [0, 0.05) is 39.0 Å². The smallest absolute Gasteiger partial charge is 0.314 e. The third-order valence-corrected chi connectivity index (χ3v) is 22.2. The van der Waals surface area contributed by atoms with Crippen molar-refractivity contribution in [1.82, 2.24) is 21.3 Å². The molecule has 6 N–H and O–H groups in total. The normalized spacial score (nSPS) is 25.4. The molecule has 95 heavy (non-hydrogen) atoms. The standard InChI is InChI=1S/C79H112N4O12/c1-54(29-25-31-56(3)33-35-60-58(5)69(88)63(45-74(60,7)8)94-66(86)48-77(39-19-12-20-40-77)52-81-72(92)80-50-62-68(71(90)91)79(62)43-23-14-24-44-79)27-15-16-28-55(2)30-26-32-57(4)34-36-61-59(6)70(89)64(46-75(61,9)10)95-67(87)49-78(41-21-13-22-42-78)53-83-73(93)82-51-76(47-65(84)85)37-17-11-18-38-76/h15-16,25-36,62-64,68H,11-14,17-24,37-53H2,1-10H3,(H,84,85)(H,90,91)(H2,80,81,92)(H2,82,83,93)/b16-15+,29-25+,30-26+,35-33+,36-34+,54-27+,55-28+,56-31+,57-32+. The molecule has 4 atom stereocenters. The fraction of sp³-hybridized carbons (Fsp3) is 0.620. The number of ether oxygens (including phenoxy) is 2. The van der Waals surface area contributed by atoms with E-state index in [9.17, 15) is 48.6 Å². The number of carboxylic acid groups (broad SMARTS) is 2. The lowest BCUT2D eigenvalue weighted by atomic mass is 9.70. The minimum atomic E-state index is -0.898. The molecule has 0 saturated heterocycles. The van der Waals surface area contributed by atoms with Crippen LogP contribution in [0.4, 0.5) is 9.59 Å². The highest BCUT2D eigenvalue weighted by Crippen LogP contribution is 2.66. The summed E-state index contributed by atoms with van der Waals surface area (Å²) >= 11 is 0. The molecule has 16 heteroatoms. The van der Waals surface area contributed by atoms with Crippen molar-refractivity contribution in [3.63, 3.8) is 0 Å². The Balaban J connectivity index is 0.839. The Morgan fingerprint density at radius 2 is 0.800 bits per heavy atom. The molecule has 7 aliphatic rings. The van der Waals surface area contributed by atoms with E-state index in [4.69, 9.17) is 9.47 Å². The SMILES string of the molecule is CC1=C(/C=C/C(C)=C/C=C/C(C)=C/C=C/C=C(C)/C=C/C=C(C)/C=C/C2=C(C)C(=O)C(OC(=O)CC3(CNC(=O)NCC4(CC(=O)O)CCCCC4)CCCCC3)CC2(C)C)C(C)(C)CC(OC(=O)CC2(CNC(=O)NCC3C(C(=O)O)C34CCCCC4)CCCCC2)C1=O. The zero-order chi connectivity index (χ0) is 69.2. The van der Waals surface area contributed by atoms with Crippen LogP contribution in [0, 0.1) is 44.3 Å². The van der Waals surface area contributed by atoms with Gasteiger partial charge in [0.05, 0.1) is 25.2 Å². The average Bonchev–Trinajstić information content (AvgIpc) is 1.56. The van der Waals surface area contributed by atoms with Gasteiger partial charge < -0.3 is 41.0 Å². The van der Waals surface area contributed by atoms with E-state index < -0.39 is 69.1 Å². The van der Waals surface area contributed by atoms with Crippen LogP contribution < -0.4 is 21.3 Å². The van der Waals surface area contributed by atoms with Crippen LogP contribution in [0.25, 0.3) is 0 Å². The highest BCUT2D eigenvalue weighted by molar-refractivity contribution is 6.02. The Morgan fingerprint density at radius 3 is 1.17 bits per heavy atom. The van der Waals surface area contributed by atoms with Crippen LogP contribution in [-0.2, 0) is 38.2 Å². The number of carbonyl (C=O) groups excluding carboxylic acids is 6. The molecule has 0 aromatic heterocycles. The lowest BCUT2D eigenvalue weighted by Gasteiger charge is -2.39. The summed E-state index contributed by atoms with van der Waals surface area (Å²) in [6, 6.07) is -0.704. The minimum Gasteiger partial charge on any atom is -0.481 e. The van der Waals surface area contributed by atoms with Gasteiger partial charge in [0.15, 0.2) is 23.8 Å². The van der Waals surface area contributed by atoms with Gasteiger partial charge >= 0.3 is 35.9 Å².